The van der Waals surface area contributed by atoms with Gasteiger partial charge in [-0.3, -0.25) is 14.5 Å². The molecule has 1 saturated heterocycles. The lowest BCUT2D eigenvalue weighted by Gasteiger charge is -2.26. The number of nitrogens with two attached hydrogens (primary N) is 1. The zero-order valence-electron chi connectivity index (χ0n) is 20.9. The fourth-order valence-electron chi connectivity index (χ4n) is 4.57. The van der Waals surface area contributed by atoms with E-state index in [9.17, 15) is 23.1 Å². The van der Waals surface area contributed by atoms with Gasteiger partial charge in [0.2, 0.25) is 10.0 Å². The van der Waals surface area contributed by atoms with Gasteiger partial charge in [-0.1, -0.05) is 44.2 Å². The first-order valence-electron chi connectivity index (χ1n) is 11.6. The van der Waals surface area contributed by atoms with E-state index in [1.54, 1.807) is 56.5 Å². The maximum absolute atomic E-state index is 13.4. The molecule has 0 aromatic heterocycles. The number of methoxy groups -OCH3 is 1. The van der Waals surface area contributed by atoms with Crippen LogP contribution in [0.15, 0.2) is 77.2 Å². The van der Waals surface area contributed by atoms with Crippen LogP contribution in [0.3, 0.4) is 0 Å². The lowest BCUT2D eigenvalue weighted by Crippen LogP contribution is -2.29. The standard InChI is InChI=1S/C28H28N2O6S/c1-16(2)21-15-22(17(3)14-23(21)36-4)26(31)24-25(18-8-6-5-7-9-18)30(28(33)27(24)32)19-10-12-20(13-11-19)37(29,34)35/h5-16,25,31H,1-4H3,(H2,29,34,35)/b26-24+. The minimum Gasteiger partial charge on any atom is -0.507 e. The van der Waals surface area contributed by atoms with Crippen molar-refractivity contribution in [3.05, 3.63) is 94.6 Å². The van der Waals surface area contributed by atoms with Gasteiger partial charge < -0.3 is 9.84 Å². The number of Topliss-reactive ketones (excluding diaryl/α,β-unsaturated/α-hetero) is 1. The van der Waals surface area contributed by atoms with E-state index in [2.05, 4.69) is 0 Å². The SMILES string of the molecule is COc1cc(C)c(/C(O)=C2\C(=O)C(=O)N(c3ccc(S(N)(=O)=O)cc3)C2c2ccccc2)cc1C(C)C. The van der Waals surface area contributed by atoms with Crippen LogP contribution in [0, 0.1) is 6.92 Å². The van der Waals surface area contributed by atoms with Crippen LogP contribution in [0.25, 0.3) is 5.76 Å². The van der Waals surface area contributed by atoms with Gasteiger partial charge in [-0.25, -0.2) is 13.6 Å². The normalized spacial score (nSPS) is 17.5. The van der Waals surface area contributed by atoms with Gasteiger partial charge >= 0.3 is 0 Å². The molecule has 3 aromatic rings. The Morgan fingerprint density at radius 1 is 1.03 bits per heavy atom. The summed E-state index contributed by atoms with van der Waals surface area (Å²) in [6.45, 7) is 5.78. The summed E-state index contributed by atoms with van der Waals surface area (Å²) in [4.78, 5) is 27.9. The second kappa shape index (κ2) is 9.84. The van der Waals surface area contributed by atoms with Gasteiger partial charge in [0.1, 0.15) is 11.5 Å². The van der Waals surface area contributed by atoms with Crippen LogP contribution in [0.1, 0.15) is 48.1 Å². The van der Waals surface area contributed by atoms with Crippen molar-refractivity contribution in [2.24, 2.45) is 5.14 Å². The highest BCUT2D eigenvalue weighted by molar-refractivity contribution is 7.89. The highest BCUT2D eigenvalue weighted by Crippen LogP contribution is 2.43. The number of aliphatic hydroxyl groups is 1. The van der Waals surface area contributed by atoms with E-state index in [1.165, 1.54) is 29.2 Å². The molecule has 8 nitrogen and oxygen atoms in total. The number of hydrogen-bond donors (Lipinski definition) is 2. The number of amides is 1. The van der Waals surface area contributed by atoms with E-state index in [-0.39, 0.29) is 27.8 Å². The molecule has 1 atom stereocenters. The van der Waals surface area contributed by atoms with Gasteiger partial charge in [0.05, 0.1) is 23.6 Å². The molecular formula is C28H28N2O6S. The van der Waals surface area contributed by atoms with E-state index >= 15 is 0 Å². The number of ether oxygens (including phenoxy) is 1. The van der Waals surface area contributed by atoms with Crippen LogP contribution < -0.4 is 14.8 Å². The zero-order chi connectivity index (χ0) is 27.1. The van der Waals surface area contributed by atoms with Crippen LogP contribution in [0.4, 0.5) is 5.69 Å². The Kier molecular flexibility index (Phi) is 6.94. The van der Waals surface area contributed by atoms with Gasteiger partial charge in [0.15, 0.2) is 0 Å². The number of rotatable bonds is 6. The van der Waals surface area contributed by atoms with Crippen LogP contribution in [-0.2, 0) is 19.6 Å². The number of carbonyl (C=O) groups excluding carboxylic acids is 2. The molecule has 0 spiro atoms. The first-order chi connectivity index (χ1) is 17.5. The van der Waals surface area contributed by atoms with Crippen molar-refractivity contribution in [1.29, 1.82) is 0 Å². The minimum absolute atomic E-state index is 0.0605. The minimum atomic E-state index is -3.95. The molecule has 1 aliphatic heterocycles. The molecule has 1 amide bonds. The monoisotopic (exact) mass is 520 g/mol. The molecule has 1 unspecified atom stereocenters. The molecule has 1 heterocycles. The molecule has 9 heteroatoms. The summed E-state index contributed by atoms with van der Waals surface area (Å²) in [6.07, 6.45) is 0. The van der Waals surface area contributed by atoms with Gasteiger partial charge in [-0.05, 0) is 65.9 Å². The van der Waals surface area contributed by atoms with Crippen LogP contribution in [-0.4, -0.2) is 32.3 Å². The molecule has 0 radical (unpaired) electrons. The molecule has 37 heavy (non-hydrogen) atoms. The number of primary sulfonamides is 1. The van der Waals surface area contributed by atoms with Crippen molar-refractivity contribution in [3.63, 3.8) is 0 Å². The third-order valence-corrected chi connectivity index (χ3v) is 7.39. The van der Waals surface area contributed by atoms with Crippen LogP contribution >= 0.6 is 0 Å². The summed E-state index contributed by atoms with van der Waals surface area (Å²) in [7, 11) is -2.37. The molecule has 0 aliphatic carbocycles. The van der Waals surface area contributed by atoms with E-state index in [0.29, 0.717) is 22.4 Å². The molecule has 3 aromatic carbocycles. The number of hydrogen-bond acceptors (Lipinski definition) is 6. The predicted molar refractivity (Wildman–Crippen MR) is 141 cm³/mol. The van der Waals surface area contributed by atoms with Crippen molar-refractivity contribution in [3.8, 4) is 5.75 Å². The number of sulfonamides is 1. The van der Waals surface area contributed by atoms with Gasteiger partial charge in [0, 0.05) is 11.3 Å². The fourth-order valence-corrected chi connectivity index (χ4v) is 5.09. The molecular weight excluding hydrogens is 492 g/mol. The summed E-state index contributed by atoms with van der Waals surface area (Å²) in [5, 5.41) is 16.8. The Morgan fingerprint density at radius 2 is 1.65 bits per heavy atom. The number of aliphatic hydroxyl groups excluding tert-OH is 1. The maximum atomic E-state index is 13.4. The Morgan fingerprint density at radius 3 is 2.19 bits per heavy atom. The average Bonchev–Trinajstić information content (AvgIpc) is 3.13. The number of ketones is 1. The highest BCUT2D eigenvalue weighted by Gasteiger charge is 2.47. The third-order valence-electron chi connectivity index (χ3n) is 6.46. The Balaban J connectivity index is 1.95. The van der Waals surface area contributed by atoms with Gasteiger partial charge in [-0.15, -0.1) is 0 Å². The van der Waals surface area contributed by atoms with E-state index < -0.39 is 27.8 Å². The summed E-state index contributed by atoms with van der Waals surface area (Å²) in [5.74, 6) is -1.24. The first kappa shape index (κ1) is 26.1. The summed E-state index contributed by atoms with van der Waals surface area (Å²) in [5.41, 5.74) is 2.78. The molecule has 4 rings (SSSR count). The van der Waals surface area contributed by atoms with E-state index in [1.807, 2.05) is 13.8 Å². The molecule has 1 fully saturated rings. The molecule has 192 valence electrons. The van der Waals surface area contributed by atoms with E-state index in [4.69, 9.17) is 9.88 Å². The molecule has 3 N–H and O–H groups in total. The average molecular weight is 521 g/mol. The second-order valence-electron chi connectivity index (χ2n) is 9.18. The summed E-state index contributed by atoms with van der Waals surface area (Å²) >= 11 is 0. The topological polar surface area (TPSA) is 127 Å². The van der Waals surface area contributed by atoms with Crippen molar-refractivity contribution < 1.29 is 27.9 Å². The Labute approximate surface area is 216 Å². The molecule has 1 aliphatic rings. The fraction of sp³-hybridized carbons (Fsp3) is 0.214. The first-order valence-corrected chi connectivity index (χ1v) is 13.2. The number of nitrogens with zero attached hydrogens (tertiary/aromatic N) is 1. The highest BCUT2D eigenvalue weighted by atomic mass is 32.2. The smallest absolute Gasteiger partial charge is 0.300 e. The molecule has 0 bridgehead atoms. The lowest BCUT2D eigenvalue weighted by molar-refractivity contribution is -0.132. The van der Waals surface area contributed by atoms with E-state index in [0.717, 1.165) is 5.56 Å². The Bertz CT molecular complexity index is 1510. The van der Waals surface area contributed by atoms with Gasteiger partial charge in [-0.2, -0.15) is 0 Å². The second-order valence-corrected chi connectivity index (χ2v) is 10.7. The van der Waals surface area contributed by atoms with Crippen molar-refractivity contribution in [2.45, 2.75) is 37.6 Å². The zero-order valence-corrected chi connectivity index (χ0v) is 21.7. The number of anilines is 1. The van der Waals surface area contributed by atoms with Crippen molar-refractivity contribution in [1.82, 2.24) is 0 Å². The van der Waals surface area contributed by atoms with Gasteiger partial charge in [0.25, 0.3) is 11.7 Å². The van der Waals surface area contributed by atoms with Crippen LogP contribution in [0.2, 0.25) is 0 Å². The van der Waals surface area contributed by atoms with Crippen molar-refractivity contribution in [2.75, 3.05) is 12.0 Å². The largest absolute Gasteiger partial charge is 0.507 e. The molecule has 0 saturated carbocycles. The summed E-state index contributed by atoms with van der Waals surface area (Å²) in [6, 6.07) is 16.9. The predicted octanol–water partition coefficient (Wildman–Crippen LogP) is 4.40. The summed E-state index contributed by atoms with van der Waals surface area (Å²) < 4.78 is 28.9. The van der Waals surface area contributed by atoms with Crippen molar-refractivity contribution >= 4 is 33.2 Å². The quantitative estimate of drug-likeness (QED) is 0.282. The Hall–Kier alpha value is -3.95. The number of aryl methyl sites for hydroxylation is 1. The third kappa shape index (κ3) is 4.75. The lowest BCUT2D eigenvalue weighted by atomic mass is 9.91. The number of benzene rings is 3. The number of carbonyl (C=O) groups is 2. The maximum Gasteiger partial charge on any atom is 0.300 e. The van der Waals surface area contributed by atoms with Crippen LogP contribution in [0.5, 0.6) is 5.75 Å².